The fraction of sp³-hybridized carbons (Fsp3) is 0.857. The highest BCUT2D eigenvalue weighted by atomic mass is 32.2. The van der Waals surface area contributed by atoms with Crippen LogP contribution in [-0.4, -0.2) is 77.7 Å². The Bertz CT molecular complexity index is 802. The number of carbonyl (C=O) groups is 2. The molecule has 0 radical (unpaired) electrons. The molecule has 2 unspecified atom stereocenters. The molecule has 2 N–H and O–H groups in total. The highest BCUT2D eigenvalue weighted by molar-refractivity contribution is 7.85. The van der Waals surface area contributed by atoms with Crippen molar-refractivity contribution < 1.29 is 45.7 Å². The van der Waals surface area contributed by atoms with Gasteiger partial charge in [0.15, 0.2) is 5.94 Å². The van der Waals surface area contributed by atoms with Gasteiger partial charge >= 0.3 is 14.8 Å². The van der Waals surface area contributed by atoms with E-state index in [-0.39, 0.29) is 25.2 Å². The molecule has 12 nitrogen and oxygen atoms in total. The average Bonchev–Trinajstić information content (AvgIpc) is 2.79. The molecule has 0 aromatic rings. The zero-order valence-corrected chi connectivity index (χ0v) is 23.1. The highest BCUT2D eigenvalue weighted by Crippen LogP contribution is 2.38. The van der Waals surface area contributed by atoms with Crippen molar-refractivity contribution in [1.29, 1.82) is 5.26 Å². The van der Waals surface area contributed by atoms with Crippen molar-refractivity contribution in [3.63, 3.8) is 0 Å². The molecule has 0 saturated heterocycles. The van der Waals surface area contributed by atoms with Crippen molar-refractivity contribution in [3.05, 3.63) is 0 Å². The van der Waals surface area contributed by atoms with Crippen LogP contribution in [0.25, 0.3) is 0 Å². The molecule has 0 aliphatic heterocycles. The SMILES string of the molecule is CCO[Si](CCCNC(=O)CCC(C)(C#N)CC(C)(CO)C(=O)OCS(=O)(=O)[O-])(OCC)OCC. The molecule has 0 spiro atoms. The fourth-order valence-corrected chi connectivity index (χ4v) is 6.41. The normalized spacial score (nSPS) is 15.5. The van der Waals surface area contributed by atoms with E-state index in [1.807, 2.05) is 20.8 Å². The molecule has 0 aromatic heterocycles. The van der Waals surface area contributed by atoms with Crippen LogP contribution in [0, 0.1) is 22.2 Å². The largest absolute Gasteiger partial charge is 0.745 e. The first kappa shape index (κ1) is 33.4. The summed E-state index contributed by atoms with van der Waals surface area (Å²) in [6, 6.07) is 2.59. The van der Waals surface area contributed by atoms with Crippen molar-refractivity contribution >= 4 is 30.8 Å². The zero-order chi connectivity index (χ0) is 27.2. The van der Waals surface area contributed by atoms with E-state index in [2.05, 4.69) is 16.1 Å². The van der Waals surface area contributed by atoms with Gasteiger partial charge in [0.2, 0.25) is 5.91 Å². The van der Waals surface area contributed by atoms with Crippen LogP contribution in [0.2, 0.25) is 6.04 Å². The lowest BCUT2D eigenvalue weighted by molar-refractivity contribution is -0.157. The minimum atomic E-state index is -4.80. The minimum absolute atomic E-state index is 0.0134. The molecule has 0 rings (SSSR count). The van der Waals surface area contributed by atoms with Crippen LogP contribution in [0.3, 0.4) is 0 Å². The van der Waals surface area contributed by atoms with E-state index in [1.54, 1.807) is 0 Å². The Kier molecular flexibility index (Phi) is 14.8. The number of esters is 1. The Labute approximate surface area is 209 Å². The van der Waals surface area contributed by atoms with E-state index < -0.39 is 48.3 Å². The topological polar surface area (TPSA) is 184 Å². The first-order chi connectivity index (χ1) is 16.2. The number of nitriles is 1. The standard InChI is InChI=1S/C21H40N2O10SSi/c1-6-31-35(32-7-2,33-8-3)13-9-12-23-18(25)10-11-20(4,15-22)14-21(5,16-24)19(26)30-17-34(27,28)29/h24H,6-14,16-17H2,1-5H3,(H,23,25)(H,27,28,29)/p-1. The highest BCUT2D eigenvalue weighted by Gasteiger charge is 2.42. The number of ether oxygens (including phenoxy) is 1. The fourth-order valence-electron chi connectivity index (χ4n) is 3.55. The van der Waals surface area contributed by atoms with Crippen LogP contribution >= 0.6 is 0 Å². The Hall–Kier alpha value is -1.60. The van der Waals surface area contributed by atoms with Crippen molar-refractivity contribution in [3.8, 4) is 6.07 Å². The smallest absolute Gasteiger partial charge is 0.500 e. The molecule has 0 aliphatic carbocycles. The van der Waals surface area contributed by atoms with Crippen LogP contribution in [0.4, 0.5) is 0 Å². The summed E-state index contributed by atoms with van der Waals surface area (Å²) in [7, 11) is -7.60. The van der Waals surface area contributed by atoms with Gasteiger partial charge in [-0.3, -0.25) is 9.59 Å². The molecule has 14 heteroatoms. The average molecular weight is 540 g/mol. The second-order valence-corrected chi connectivity index (χ2v) is 12.7. The lowest BCUT2D eigenvalue weighted by Gasteiger charge is -2.32. The molecule has 0 saturated carbocycles. The van der Waals surface area contributed by atoms with Crippen molar-refractivity contribution in [2.24, 2.45) is 10.8 Å². The first-order valence-electron chi connectivity index (χ1n) is 11.6. The quantitative estimate of drug-likeness (QED) is 0.104. The molecular formula is C21H39N2O10SSi-. The summed E-state index contributed by atoms with van der Waals surface area (Å²) < 4.78 is 54.0. The van der Waals surface area contributed by atoms with Gasteiger partial charge in [-0.05, 0) is 53.9 Å². The van der Waals surface area contributed by atoms with Crippen LogP contribution < -0.4 is 5.32 Å². The monoisotopic (exact) mass is 539 g/mol. The molecular weight excluding hydrogens is 500 g/mol. The molecule has 0 heterocycles. The number of aliphatic hydroxyl groups is 1. The summed E-state index contributed by atoms with van der Waals surface area (Å²) in [4.78, 5) is 24.6. The number of aliphatic hydroxyl groups excluding tert-OH is 1. The molecule has 1 amide bonds. The Morgan fingerprint density at radius 3 is 2.09 bits per heavy atom. The lowest BCUT2D eigenvalue weighted by Crippen LogP contribution is -2.46. The Morgan fingerprint density at radius 1 is 1.11 bits per heavy atom. The molecule has 0 bridgehead atoms. The van der Waals surface area contributed by atoms with Gasteiger partial charge in [0.1, 0.15) is 10.1 Å². The predicted octanol–water partition coefficient (Wildman–Crippen LogP) is 1.29. The summed E-state index contributed by atoms with van der Waals surface area (Å²) in [6.45, 7) is 9.40. The third-order valence-corrected chi connectivity index (χ3v) is 8.76. The van der Waals surface area contributed by atoms with Crippen LogP contribution in [0.5, 0.6) is 0 Å². The maximum absolute atomic E-state index is 12.3. The van der Waals surface area contributed by atoms with Gasteiger partial charge in [0, 0.05) is 38.8 Å². The van der Waals surface area contributed by atoms with Crippen LogP contribution in [0.1, 0.15) is 60.3 Å². The van der Waals surface area contributed by atoms with E-state index >= 15 is 0 Å². The number of amides is 1. The second-order valence-electron chi connectivity index (χ2n) is 8.61. The Balaban J connectivity index is 4.87. The molecule has 0 fully saturated rings. The van der Waals surface area contributed by atoms with Crippen LogP contribution in [0.15, 0.2) is 0 Å². The van der Waals surface area contributed by atoms with Crippen molar-refractivity contribution in [2.75, 3.05) is 38.9 Å². The number of rotatable bonds is 19. The summed E-state index contributed by atoms with van der Waals surface area (Å²) in [5.74, 6) is -2.78. The van der Waals surface area contributed by atoms with Crippen LogP contribution in [-0.2, 0) is 37.7 Å². The van der Waals surface area contributed by atoms with Gasteiger partial charge in [-0.2, -0.15) is 5.26 Å². The molecule has 2 atom stereocenters. The number of nitrogens with zero attached hydrogens (tertiary/aromatic N) is 1. The third-order valence-electron chi connectivity index (χ3n) is 5.20. The molecule has 204 valence electrons. The lowest BCUT2D eigenvalue weighted by atomic mass is 9.71. The van der Waals surface area contributed by atoms with Gasteiger partial charge in [0.25, 0.3) is 0 Å². The summed E-state index contributed by atoms with van der Waals surface area (Å²) >= 11 is 0. The molecule has 0 aromatic carbocycles. The van der Waals surface area contributed by atoms with Gasteiger partial charge < -0.3 is 33.0 Å². The summed E-state index contributed by atoms with van der Waals surface area (Å²) in [6.07, 6.45) is 0.432. The molecule has 0 aliphatic rings. The minimum Gasteiger partial charge on any atom is -0.745 e. The number of carbonyl (C=O) groups excluding carboxylic acids is 2. The van der Waals surface area contributed by atoms with Crippen molar-refractivity contribution in [1.82, 2.24) is 5.32 Å². The number of hydrogen-bond acceptors (Lipinski definition) is 11. The maximum atomic E-state index is 12.3. The maximum Gasteiger partial charge on any atom is 0.500 e. The van der Waals surface area contributed by atoms with E-state index in [9.17, 15) is 32.9 Å². The van der Waals surface area contributed by atoms with E-state index in [0.717, 1.165) is 0 Å². The number of nitrogens with one attached hydrogen (secondary N) is 1. The van der Waals surface area contributed by atoms with Gasteiger partial charge in [-0.15, -0.1) is 0 Å². The first-order valence-corrected chi connectivity index (χ1v) is 15.1. The number of hydrogen-bond donors (Lipinski definition) is 2. The van der Waals surface area contributed by atoms with E-state index in [0.29, 0.717) is 38.8 Å². The predicted molar refractivity (Wildman–Crippen MR) is 126 cm³/mol. The summed E-state index contributed by atoms with van der Waals surface area (Å²) in [5.41, 5.74) is -2.83. The van der Waals surface area contributed by atoms with E-state index in [1.165, 1.54) is 13.8 Å². The van der Waals surface area contributed by atoms with E-state index in [4.69, 9.17) is 13.3 Å². The van der Waals surface area contributed by atoms with Crippen molar-refractivity contribution in [2.45, 2.75) is 66.3 Å². The second kappa shape index (κ2) is 15.5. The molecule has 35 heavy (non-hydrogen) atoms. The Morgan fingerprint density at radius 2 is 1.66 bits per heavy atom. The van der Waals surface area contributed by atoms with Gasteiger partial charge in [0.05, 0.1) is 23.5 Å². The third kappa shape index (κ3) is 12.8. The summed E-state index contributed by atoms with van der Waals surface area (Å²) in [5, 5.41) is 22.1. The van der Waals surface area contributed by atoms with Gasteiger partial charge in [-0.25, -0.2) is 8.42 Å². The zero-order valence-electron chi connectivity index (χ0n) is 21.3. The van der Waals surface area contributed by atoms with Gasteiger partial charge in [-0.1, -0.05) is 0 Å².